The molecule has 0 spiro atoms. The third-order valence-electron chi connectivity index (χ3n) is 5.46. The maximum absolute atomic E-state index is 12.7. The Morgan fingerprint density at radius 2 is 2.10 bits per heavy atom. The van der Waals surface area contributed by atoms with Crippen molar-refractivity contribution in [3.05, 3.63) is 63.3 Å². The van der Waals surface area contributed by atoms with Gasteiger partial charge in [-0.3, -0.25) is 4.79 Å². The van der Waals surface area contributed by atoms with Crippen LogP contribution in [0.4, 0.5) is 0 Å². The van der Waals surface area contributed by atoms with Crippen LogP contribution in [0.1, 0.15) is 29.9 Å². The smallest absolute Gasteiger partial charge is 0.236 e. The predicted octanol–water partition coefficient (Wildman–Crippen LogP) is 4.88. The first-order chi connectivity index (χ1) is 14.1. The van der Waals surface area contributed by atoms with E-state index in [2.05, 4.69) is 38.4 Å². The fraction of sp³-hybridized carbons (Fsp3) is 0.364. The molecule has 1 amide bonds. The Bertz CT molecular complexity index is 978. The van der Waals surface area contributed by atoms with Crippen LogP contribution in [0.25, 0.3) is 10.8 Å². The molecule has 4 rings (SSSR count). The number of hydrogen-bond acceptors (Lipinski definition) is 5. The average molecular weight is 475 g/mol. The molecule has 1 aliphatic heterocycles. The lowest BCUT2D eigenvalue weighted by Crippen LogP contribution is -2.45. The van der Waals surface area contributed by atoms with Gasteiger partial charge in [-0.2, -0.15) is 0 Å². The van der Waals surface area contributed by atoms with Crippen LogP contribution < -0.4 is 5.32 Å². The molecule has 5 nitrogen and oxygen atoms in total. The number of aromatic nitrogens is 1. The molecule has 0 radical (unpaired) electrons. The number of aryl methyl sites for hydroxylation is 1. The van der Waals surface area contributed by atoms with Crippen molar-refractivity contribution in [2.24, 2.45) is 0 Å². The van der Waals surface area contributed by atoms with Crippen LogP contribution in [-0.4, -0.2) is 30.6 Å². The number of nitrogens with zero attached hydrogens (tertiary/aromatic N) is 1. The molecule has 152 valence electrons. The molecule has 0 saturated carbocycles. The lowest BCUT2D eigenvalue weighted by atomic mass is 9.74. The number of carbonyl (C=O) groups is 1. The average Bonchev–Trinajstić information content (AvgIpc) is 3.38. The molecule has 0 atom stereocenters. The minimum atomic E-state index is -0.112. The monoisotopic (exact) mass is 474 g/mol. The van der Waals surface area contributed by atoms with Gasteiger partial charge < -0.3 is 14.5 Å². The van der Waals surface area contributed by atoms with Crippen molar-refractivity contribution in [3.63, 3.8) is 0 Å². The van der Waals surface area contributed by atoms with Crippen molar-refractivity contribution in [2.75, 3.05) is 19.8 Å². The van der Waals surface area contributed by atoms with Gasteiger partial charge in [0.15, 0.2) is 0 Å². The fourth-order valence-electron chi connectivity index (χ4n) is 3.73. The molecule has 0 bridgehead atoms. The van der Waals surface area contributed by atoms with Gasteiger partial charge in [0, 0.05) is 29.6 Å². The van der Waals surface area contributed by atoms with Crippen LogP contribution >= 0.6 is 27.3 Å². The summed E-state index contributed by atoms with van der Waals surface area (Å²) < 4.78 is 12.4. The third-order valence-corrected chi connectivity index (χ3v) is 6.81. The maximum atomic E-state index is 12.7. The number of thiophene rings is 1. The Labute approximate surface area is 182 Å². The summed E-state index contributed by atoms with van der Waals surface area (Å²) in [4.78, 5) is 18.2. The molecule has 1 fully saturated rings. The second-order valence-corrected chi connectivity index (χ2v) is 9.22. The largest absolute Gasteiger partial charge is 0.440 e. The van der Waals surface area contributed by atoms with Crippen molar-refractivity contribution in [2.45, 2.75) is 31.6 Å². The van der Waals surface area contributed by atoms with E-state index in [1.165, 1.54) is 5.56 Å². The standard InChI is InChI=1S/C22H23BrN2O3S/c1-15-18(25-21(28-15)19-6-3-11-29-19)13-20(26)24-14-22(7-9-27-10-8-22)16-4-2-5-17(23)12-16/h2-6,11-12H,7-10,13-14H2,1H3,(H,24,26). The van der Waals surface area contributed by atoms with E-state index in [-0.39, 0.29) is 17.7 Å². The number of ether oxygens (including phenoxy) is 1. The Kier molecular flexibility index (Phi) is 6.18. The minimum Gasteiger partial charge on any atom is -0.440 e. The number of hydrogen-bond donors (Lipinski definition) is 1. The molecule has 0 aliphatic carbocycles. The number of rotatable bonds is 6. The van der Waals surface area contributed by atoms with Gasteiger partial charge in [-0.1, -0.05) is 34.1 Å². The molecular formula is C22H23BrN2O3S. The first-order valence-electron chi connectivity index (χ1n) is 9.66. The van der Waals surface area contributed by atoms with Crippen LogP contribution in [0.2, 0.25) is 0 Å². The van der Waals surface area contributed by atoms with Crippen LogP contribution in [0.5, 0.6) is 0 Å². The summed E-state index contributed by atoms with van der Waals surface area (Å²) in [6, 6.07) is 12.3. The number of carbonyl (C=O) groups excluding carboxylic acids is 1. The Hall–Kier alpha value is -1.96. The molecule has 3 heterocycles. The van der Waals surface area contributed by atoms with E-state index < -0.39 is 0 Å². The van der Waals surface area contributed by atoms with Crippen molar-refractivity contribution < 1.29 is 13.9 Å². The highest BCUT2D eigenvalue weighted by molar-refractivity contribution is 9.10. The molecular weight excluding hydrogens is 452 g/mol. The lowest BCUT2D eigenvalue weighted by molar-refractivity contribution is -0.121. The SMILES string of the molecule is Cc1oc(-c2cccs2)nc1CC(=O)NCC1(c2cccc(Br)c2)CCOCC1. The van der Waals surface area contributed by atoms with Crippen molar-refractivity contribution in [1.82, 2.24) is 10.3 Å². The van der Waals surface area contributed by atoms with Gasteiger partial charge in [0.2, 0.25) is 11.8 Å². The minimum absolute atomic E-state index is 0.0417. The molecule has 7 heteroatoms. The molecule has 2 aromatic heterocycles. The molecule has 1 N–H and O–H groups in total. The topological polar surface area (TPSA) is 64.4 Å². The van der Waals surface area contributed by atoms with E-state index >= 15 is 0 Å². The molecule has 3 aromatic rings. The van der Waals surface area contributed by atoms with Gasteiger partial charge in [-0.05, 0) is 48.9 Å². The van der Waals surface area contributed by atoms with E-state index in [9.17, 15) is 4.79 Å². The zero-order chi connectivity index (χ0) is 20.3. The summed E-state index contributed by atoms with van der Waals surface area (Å²) in [5.74, 6) is 1.23. The van der Waals surface area contributed by atoms with Crippen molar-refractivity contribution >= 4 is 33.2 Å². The van der Waals surface area contributed by atoms with Gasteiger partial charge in [-0.15, -0.1) is 11.3 Å². The van der Waals surface area contributed by atoms with Gasteiger partial charge in [0.25, 0.3) is 0 Å². The zero-order valence-electron chi connectivity index (χ0n) is 16.2. The first-order valence-corrected chi connectivity index (χ1v) is 11.3. The molecule has 1 aromatic carbocycles. The van der Waals surface area contributed by atoms with Gasteiger partial charge >= 0.3 is 0 Å². The van der Waals surface area contributed by atoms with Gasteiger partial charge in [-0.25, -0.2) is 4.98 Å². The summed E-state index contributed by atoms with van der Waals surface area (Å²) in [6.07, 6.45) is 1.98. The number of oxazole rings is 1. The number of halogens is 1. The Balaban J connectivity index is 1.45. The maximum Gasteiger partial charge on any atom is 0.236 e. The fourth-order valence-corrected chi connectivity index (χ4v) is 4.78. The third kappa shape index (κ3) is 4.63. The highest BCUT2D eigenvalue weighted by atomic mass is 79.9. The van der Waals surface area contributed by atoms with Crippen molar-refractivity contribution in [1.29, 1.82) is 0 Å². The number of nitrogens with one attached hydrogen (secondary N) is 1. The lowest BCUT2D eigenvalue weighted by Gasteiger charge is -2.38. The summed E-state index contributed by atoms with van der Waals surface area (Å²) in [5, 5.41) is 5.12. The predicted molar refractivity (Wildman–Crippen MR) is 117 cm³/mol. The highest BCUT2D eigenvalue weighted by Gasteiger charge is 2.35. The van der Waals surface area contributed by atoms with E-state index in [0.29, 0.717) is 37.1 Å². The van der Waals surface area contributed by atoms with Crippen LogP contribution in [0, 0.1) is 6.92 Å². The molecule has 0 unspecified atom stereocenters. The van der Waals surface area contributed by atoms with Gasteiger partial charge in [0.05, 0.1) is 17.0 Å². The number of benzene rings is 1. The second-order valence-electron chi connectivity index (χ2n) is 7.36. The number of amides is 1. The summed E-state index contributed by atoms with van der Waals surface area (Å²) in [5.41, 5.74) is 1.81. The molecule has 29 heavy (non-hydrogen) atoms. The van der Waals surface area contributed by atoms with E-state index in [4.69, 9.17) is 9.15 Å². The van der Waals surface area contributed by atoms with Crippen LogP contribution in [0.15, 0.2) is 50.7 Å². The van der Waals surface area contributed by atoms with Gasteiger partial charge in [0.1, 0.15) is 5.76 Å². The zero-order valence-corrected chi connectivity index (χ0v) is 18.6. The normalized spacial score (nSPS) is 15.9. The molecule has 1 saturated heterocycles. The van der Waals surface area contributed by atoms with E-state index in [1.54, 1.807) is 11.3 Å². The first kappa shape index (κ1) is 20.3. The summed E-state index contributed by atoms with van der Waals surface area (Å²) in [7, 11) is 0. The second kappa shape index (κ2) is 8.81. The quantitative estimate of drug-likeness (QED) is 0.552. The van der Waals surface area contributed by atoms with Crippen LogP contribution in [0.3, 0.4) is 0 Å². The Morgan fingerprint density at radius 3 is 2.83 bits per heavy atom. The van der Waals surface area contributed by atoms with E-state index in [1.807, 2.05) is 36.6 Å². The highest BCUT2D eigenvalue weighted by Crippen LogP contribution is 2.35. The van der Waals surface area contributed by atoms with Crippen molar-refractivity contribution in [3.8, 4) is 10.8 Å². The summed E-state index contributed by atoms with van der Waals surface area (Å²) in [6.45, 7) is 3.85. The Morgan fingerprint density at radius 1 is 1.28 bits per heavy atom. The molecule has 1 aliphatic rings. The van der Waals surface area contributed by atoms with Crippen LogP contribution in [-0.2, 0) is 21.4 Å². The van der Waals surface area contributed by atoms with E-state index in [0.717, 1.165) is 22.2 Å². The summed E-state index contributed by atoms with van der Waals surface area (Å²) >= 11 is 5.14.